The van der Waals surface area contributed by atoms with Crippen molar-refractivity contribution in [2.45, 2.75) is 44.6 Å². The van der Waals surface area contributed by atoms with E-state index in [2.05, 4.69) is 20.9 Å². The molecule has 6 aromatic rings. The Morgan fingerprint density at radius 2 is 1.60 bits per heavy atom. The Morgan fingerprint density at radius 3 is 2.34 bits per heavy atom. The number of ether oxygens (including phenoxy) is 3. The molecule has 1 aliphatic carbocycles. The van der Waals surface area contributed by atoms with Crippen LogP contribution < -0.4 is 35.9 Å². The molecule has 322 valence electrons. The van der Waals surface area contributed by atoms with E-state index >= 15 is 4.39 Å². The number of rotatable bonds is 19. The molecule has 2 aromatic heterocycles. The molecule has 3 amide bonds. The molecule has 1 aliphatic rings. The Bertz CT molecular complexity index is 2620. The van der Waals surface area contributed by atoms with E-state index in [4.69, 9.17) is 19.9 Å². The second kappa shape index (κ2) is 19.5. The molecule has 62 heavy (non-hydrogen) atoms. The third-order valence-electron chi connectivity index (χ3n) is 10.6. The van der Waals surface area contributed by atoms with Gasteiger partial charge in [0.2, 0.25) is 22.8 Å². The molecule has 0 aliphatic heterocycles. The number of unbranched alkanes of at least 4 members (excludes halogenated alkanes) is 2. The SMILES string of the molecule is COc1cc2c(Oc3ccc(NC(=O)C4(C(=O)Nc5ccc(F)cc5)CC4)cc3F)ccnc2cc1OCCCCCNC(=O)CSC(=O)[C@H](N)Cc1cn(C)c2ccccc12. The number of amides is 3. The number of pyridine rings is 1. The molecule has 5 N–H and O–H groups in total. The molecule has 13 nitrogen and oxygen atoms in total. The number of nitrogens with two attached hydrogens (primary N) is 1. The number of hydrogen-bond donors (Lipinski definition) is 4. The first-order valence-electron chi connectivity index (χ1n) is 20.1. The summed E-state index contributed by atoms with van der Waals surface area (Å²) in [6.45, 7) is 0.831. The summed E-state index contributed by atoms with van der Waals surface area (Å²) in [4.78, 5) is 55.6. The third kappa shape index (κ3) is 10.3. The van der Waals surface area contributed by atoms with Crippen molar-refractivity contribution in [1.82, 2.24) is 14.9 Å². The number of thioether (sulfide) groups is 1. The highest BCUT2D eigenvalue weighted by atomic mass is 32.2. The van der Waals surface area contributed by atoms with Crippen LogP contribution in [-0.2, 0) is 32.6 Å². The van der Waals surface area contributed by atoms with Crippen molar-refractivity contribution in [1.29, 1.82) is 0 Å². The molecular formula is C46H46F2N6O7S. The van der Waals surface area contributed by atoms with Crippen molar-refractivity contribution in [2.75, 3.05) is 36.6 Å². The maximum absolute atomic E-state index is 15.4. The predicted octanol–water partition coefficient (Wildman–Crippen LogP) is 7.66. The molecule has 1 fully saturated rings. The van der Waals surface area contributed by atoms with Crippen molar-refractivity contribution >= 4 is 67.8 Å². The molecule has 7 rings (SSSR count). The largest absolute Gasteiger partial charge is 0.493 e. The van der Waals surface area contributed by atoms with E-state index < -0.39 is 34.9 Å². The number of methoxy groups -OCH3 is 1. The second-order valence-corrected chi connectivity index (χ2v) is 16.0. The van der Waals surface area contributed by atoms with Gasteiger partial charge < -0.3 is 40.5 Å². The van der Waals surface area contributed by atoms with Crippen molar-refractivity contribution in [3.05, 3.63) is 115 Å². The van der Waals surface area contributed by atoms with Gasteiger partial charge in [-0.05, 0) is 98.7 Å². The van der Waals surface area contributed by atoms with E-state index in [1.807, 2.05) is 42.1 Å². The minimum Gasteiger partial charge on any atom is -0.493 e. The maximum atomic E-state index is 15.4. The number of anilines is 2. The Morgan fingerprint density at radius 1 is 0.855 bits per heavy atom. The summed E-state index contributed by atoms with van der Waals surface area (Å²) in [7, 11) is 3.46. The van der Waals surface area contributed by atoms with Crippen LogP contribution in [0.2, 0.25) is 0 Å². The number of carbonyl (C=O) groups excluding carboxylic acids is 4. The molecule has 0 radical (unpaired) electrons. The van der Waals surface area contributed by atoms with Gasteiger partial charge in [-0.25, -0.2) is 8.78 Å². The van der Waals surface area contributed by atoms with Crippen LogP contribution in [0, 0.1) is 17.0 Å². The Kier molecular flexibility index (Phi) is 13.7. The van der Waals surface area contributed by atoms with Crippen LogP contribution in [0.25, 0.3) is 21.8 Å². The van der Waals surface area contributed by atoms with Crippen LogP contribution in [0.4, 0.5) is 20.2 Å². The fraction of sp³-hybridized carbons (Fsp3) is 0.283. The lowest BCUT2D eigenvalue weighted by atomic mass is 10.0. The zero-order valence-corrected chi connectivity index (χ0v) is 35.0. The van der Waals surface area contributed by atoms with Gasteiger partial charge in [0.05, 0.1) is 31.0 Å². The van der Waals surface area contributed by atoms with Crippen LogP contribution in [0.3, 0.4) is 0 Å². The Balaban J connectivity index is 0.843. The zero-order chi connectivity index (χ0) is 43.8. The molecule has 0 unspecified atom stereocenters. The van der Waals surface area contributed by atoms with Crippen LogP contribution in [-0.4, -0.2) is 64.4 Å². The molecule has 1 atom stereocenters. The van der Waals surface area contributed by atoms with E-state index in [0.717, 1.165) is 40.7 Å². The van der Waals surface area contributed by atoms with Gasteiger partial charge in [-0.2, -0.15) is 0 Å². The highest BCUT2D eigenvalue weighted by Crippen LogP contribution is 2.48. The number of aromatic nitrogens is 2. The second-order valence-electron chi connectivity index (χ2n) is 15.0. The highest BCUT2D eigenvalue weighted by molar-refractivity contribution is 8.14. The maximum Gasteiger partial charge on any atom is 0.240 e. The van der Waals surface area contributed by atoms with Crippen LogP contribution in [0.15, 0.2) is 97.3 Å². The molecule has 4 aromatic carbocycles. The van der Waals surface area contributed by atoms with Crippen molar-refractivity contribution in [2.24, 2.45) is 18.2 Å². The molecule has 0 bridgehead atoms. The zero-order valence-electron chi connectivity index (χ0n) is 34.2. The summed E-state index contributed by atoms with van der Waals surface area (Å²) in [5.41, 5.74) is 7.98. The summed E-state index contributed by atoms with van der Waals surface area (Å²) in [6.07, 6.45) is 6.73. The molecule has 1 saturated carbocycles. The highest BCUT2D eigenvalue weighted by Gasteiger charge is 2.56. The lowest BCUT2D eigenvalue weighted by Gasteiger charge is -2.16. The number of nitrogens with zero attached hydrogens (tertiary/aromatic N) is 2. The number of hydrogen-bond acceptors (Lipinski definition) is 10. The minimum absolute atomic E-state index is 0.000272. The third-order valence-corrected chi connectivity index (χ3v) is 11.6. The first-order chi connectivity index (χ1) is 29.9. The Hall–Kier alpha value is -6.52. The number of halogens is 2. The first kappa shape index (κ1) is 43.6. The van der Waals surface area contributed by atoms with Crippen molar-refractivity contribution in [3.63, 3.8) is 0 Å². The lowest BCUT2D eigenvalue weighted by molar-refractivity contribution is -0.131. The topological polar surface area (TPSA) is 176 Å². The van der Waals surface area contributed by atoms with Crippen LogP contribution in [0.5, 0.6) is 23.0 Å². The number of benzene rings is 4. The predicted molar refractivity (Wildman–Crippen MR) is 235 cm³/mol. The van der Waals surface area contributed by atoms with Gasteiger partial charge in [0, 0.05) is 65.8 Å². The molecule has 2 heterocycles. The van der Waals surface area contributed by atoms with Gasteiger partial charge in [0.1, 0.15) is 17.0 Å². The van der Waals surface area contributed by atoms with E-state index in [1.54, 1.807) is 18.2 Å². The average Bonchev–Trinajstić information content (AvgIpc) is 4.03. The fourth-order valence-electron chi connectivity index (χ4n) is 7.00. The number of fused-ring (bicyclic) bond motifs is 2. The van der Waals surface area contributed by atoms with E-state index in [-0.39, 0.29) is 28.2 Å². The quantitative estimate of drug-likeness (QED) is 0.0467. The van der Waals surface area contributed by atoms with Gasteiger partial charge in [0.15, 0.2) is 23.1 Å². The number of para-hydroxylation sites is 1. The van der Waals surface area contributed by atoms with Gasteiger partial charge in [-0.1, -0.05) is 30.0 Å². The van der Waals surface area contributed by atoms with Gasteiger partial charge in [-0.15, -0.1) is 0 Å². The molecule has 0 saturated heterocycles. The summed E-state index contributed by atoms with van der Waals surface area (Å²) < 4.78 is 48.3. The molecule has 0 spiro atoms. The standard InChI is InChI=1S/C46H46F2N6O7S/c1-54-26-28(32-8-4-5-9-37(32)54)22-35(49)43(56)62-27-42(55)51-19-6-3-7-21-60-41-25-36-33(24-40(41)59-2)38(16-20-50-36)61-39-15-14-31(23-34(39)48)53-45(58)46(17-18-46)44(57)52-30-12-10-29(47)11-13-30/h4-5,8-16,20,23-26,35H,3,6-7,17-19,21-22,27,49H2,1-2H3,(H,51,55)(H,52,57)(H,53,58)/t35-/m1/s1. The van der Waals surface area contributed by atoms with Crippen LogP contribution in [0.1, 0.15) is 37.7 Å². The van der Waals surface area contributed by atoms with E-state index in [0.29, 0.717) is 79.1 Å². The van der Waals surface area contributed by atoms with Gasteiger partial charge in [0.25, 0.3) is 0 Å². The lowest BCUT2D eigenvalue weighted by Crippen LogP contribution is -2.35. The van der Waals surface area contributed by atoms with E-state index in [1.165, 1.54) is 49.7 Å². The summed E-state index contributed by atoms with van der Waals surface area (Å²) in [5.74, 6) is -1.45. The number of carbonyl (C=O) groups is 4. The summed E-state index contributed by atoms with van der Waals surface area (Å²) >= 11 is 0.931. The monoisotopic (exact) mass is 864 g/mol. The molecular weight excluding hydrogens is 819 g/mol. The van der Waals surface area contributed by atoms with Crippen molar-refractivity contribution in [3.8, 4) is 23.0 Å². The van der Waals surface area contributed by atoms with Gasteiger partial charge >= 0.3 is 0 Å². The summed E-state index contributed by atoms with van der Waals surface area (Å²) in [5, 5.41) is 9.51. The minimum atomic E-state index is -1.31. The Labute approximate surface area is 360 Å². The van der Waals surface area contributed by atoms with E-state index in [9.17, 15) is 23.6 Å². The average molecular weight is 865 g/mol. The smallest absolute Gasteiger partial charge is 0.240 e. The number of aryl methyl sites for hydroxylation is 1. The normalized spacial score (nSPS) is 13.3. The van der Waals surface area contributed by atoms with Crippen molar-refractivity contribution < 1.29 is 42.2 Å². The van der Waals surface area contributed by atoms with Crippen LogP contribution >= 0.6 is 11.8 Å². The number of nitrogens with one attached hydrogen (secondary N) is 3. The van der Waals surface area contributed by atoms with Gasteiger partial charge in [-0.3, -0.25) is 24.2 Å². The summed E-state index contributed by atoms with van der Waals surface area (Å²) in [6, 6.07) is 21.4. The first-order valence-corrected chi connectivity index (χ1v) is 21.1. The molecule has 16 heteroatoms. The fourth-order valence-corrected chi connectivity index (χ4v) is 7.68.